The van der Waals surface area contributed by atoms with Crippen molar-refractivity contribution in [3.8, 4) is 6.07 Å². The molecule has 2 N–H and O–H groups in total. The van der Waals surface area contributed by atoms with Crippen LogP contribution in [0.15, 0.2) is 30.3 Å². The summed E-state index contributed by atoms with van der Waals surface area (Å²) in [7, 11) is 1.69. The van der Waals surface area contributed by atoms with E-state index in [1.807, 2.05) is 6.07 Å². The molecule has 1 aromatic heterocycles. The van der Waals surface area contributed by atoms with Gasteiger partial charge in [-0.15, -0.1) is 0 Å². The van der Waals surface area contributed by atoms with Crippen LogP contribution in [0.4, 0.5) is 11.6 Å². The van der Waals surface area contributed by atoms with E-state index in [4.69, 9.17) is 14.5 Å². The van der Waals surface area contributed by atoms with Crippen molar-refractivity contribution in [2.45, 2.75) is 38.5 Å². The molecule has 2 aliphatic heterocycles. The van der Waals surface area contributed by atoms with Crippen LogP contribution in [0.3, 0.4) is 0 Å². The van der Waals surface area contributed by atoms with Crippen molar-refractivity contribution in [1.82, 2.24) is 9.88 Å². The second kappa shape index (κ2) is 10.6. The van der Waals surface area contributed by atoms with Crippen molar-refractivity contribution in [3.05, 3.63) is 52.6 Å². The molecule has 2 aliphatic rings. The van der Waals surface area contributed by atoms with Crippen LogP contribution >= 0.6 is 0 Å². The number of fused-ring (bicyclic) bond motifs is 1. The number of hydrogen-bond acceptors (Lipinski definition) is 7. The summed E-state index contributed by atoms with van der Waals surface area (Å²) in [5.74, 6) is 1.51. The average molecular weight is 422 g/mol. The van der Waals surface area contributed by atoms with Gasteiger partial charge in [0.2, 0.25) is 0 Å². The number of anilines is 2. The van der Waals surface area contributed by atoms with Crippen LogP contribution in [0.5, 0.6) is 0 Å². The average Bonchev–Trinajstić information content (AvgIpc) is 3.32. The first-order valence-corrected chi connectivity index (χ1v) is 11.1. The van der Waals surface area contributed by atoms with Crippen molar-refractivity contribution in [1.29, 1.82) is 5.26 Å². The number of rotatable bonds is 9. The van der Waals surface area contributed by atoms with E-state index in [0.717, 1.165) is 62.4 Å². The predicted molar refractivity (Wildman–Crippen MR) is 121 cm³/mol. The highest BCUT2D eigenvalue weighted by molar-refractivity contribution is 5.66. The van der Waals surface area contributed by atoms with E-state index in [2.05, 4.69) is 45.9 Å². The maximum absolute atomic E-state index is 9.96. The molecule has 3 heterocycles. The van der Waals surface area contributed by atoms with Crippen LogP contribution in [-0.4, -0.2) is 55.9 Å². The van der Waals surface area contributed by atoms with Gasteiger partial charge in [-0.05, 0) is 30.4 Å². The van der Waals surface area contributed by atoms with E-state index in [0.29, 0.717) is 31.1 Å². The predicted octanol–water partition coefficient (Wildman–Crippen LogP) is 3.16. The lowest BCUT2D eigenvalue weighted by atomic mass is 9.95. The summed E-state index contributed by atoms with van der Waals surface area (Å²) in [5, 5.41) is 16.8. The molecule has 7 heteroatoms. The monoisotopic (exact) mass is 421 g/mol. The largest absolute Gasteiger partial charge is 0.383 e. The minimum atomic E-state index is 0.190. The van der Waals surface area contributed by atoms with Crippen molar-refractivity contribution in [3.63, 3.8) is 0 Å². The minimum absolute atomic E-state index is 0.190. The number of benzene rings is 1. The number of ether oxygens (including phenoxy) is 2. The number of nitrogens with zero attached hydrogens (tertiary/aromatic N) is 3. The van der Waals surface area contributed by atoms with E-state index in [-0.39, 0.29) is 6.10 Å². The summed E-state index contributed by atoms with van der Waals surface area (Å²) < 4.78 is 10.9. The quantitative estimate of drug-likeness (QED) is 0.602. The van der Waals surface area contributed by atoms with Crippen LogP contribution in [0.25, 0.3) is 0 Å². The first-order valence-electron chi connectivity index (χ1n) is 11.1. The zero-order chi connectivity index (χ0) is 21.5. The van der Waals surface area contributed by atoms with Crippen LogP contribution in [0.1, 0.15) is 35.1 Å². The summed E-state index contributed by atoms with van der Waals surface area (Å²) in [4.78, 5) is 7.27. The Labute approximate surface area is 184 Å². The molecule has 0 unspecified atom stereocenters. The minimum Gasteiger partial charge on any atom is -0.383 e. The maximum atomic E-state index is 9.96. The van der Waals surface area contributed by atoms with E-state index >= 15 is 0 Å². The molecule has 0 radical (unpaired) electrons. The van der Waals surface area contributed by atoms with Crippen molar-refractivity contribution < 1.29 is 9.47 Å². The number of hydrogen-bond donors (Lipinski definition) is 2. The number of nitriles is 1. The molecular weight excluding hydrogens is 390 g/mol. The maximum Gasteiger partial charge on any atom is 0.146 e. The van der Waals surface area contributed by atoms with Gasteiger partial charge in [0.05, 0.1) is 18.3 Å². The number of methoxy groups -OCH3 is 1. The van der Waals surface area contributed by atoms with Crippen LogP contribution in [-0.2, 0) is 29.0 Å². The molecule has 164 valence electrons. The lowest BCUT2D eigenvalue weighted by Crippen LogP contribution is -2.32. The lowest BCUT2D eigenvalue weighted by molar-refractivity contribution is 0.120. The summed E-state index contributed by atoms with van der Waals surface area (Å²) in [6.07, 6.45) is 3.17. The third-order valence-electron chi connectivity index (χ3n) is 5.95. The van der Waals surface area contributed by atoms with Gasteiger partial charge in [0, 0.05) is 52.0 Å². The summed E-state index contributed by atoms with van der Waals surface area (Å²) in [5.41, 5.74) is 4.20. The molecule has 4 rings (SSSR count). The van der Waals surface area contributed by atoms with Crippen molar-refractivity contribution >= 4 is 11.6 Å². The highest BCUT2D eigenvalue weighted by atomic mass is 16.5. The van der Waals surface area contributed by atoms with E-state index in [9.17, 15) is 5.26 Å². The molecule has 1 atom stereocenters. The molecule has 0 amide bonds. The highest BCUT2D eigenvalue weighted by Crippen LogP contribution is 2.32. The fraction of sp³-hybridized carbons (Fsp3) is 0.500. The Kier molecular flexibility index (Phi) is 7.36. The van der Waals surface area contributed by atoms with Gasteiger partial charge < -0.3 is 20.1 Å². The van der Waals surface area contributed by atoms with Gasteiger partial charge in [0.1, 0.15) is 17.7 Å². The second-order valence-corrected chi connectivity index (χ2v) is 8.13. The molecular formula is C24H31N5O2. The first kappa shape index (κ1) is 21.6. The Morgan fingerprint density at radius 3 is 2.84 bits per heavy atom. The van der Waals surface area contributed by atoms with Crippen LogP contribution in [0, 0.1) is 11.3 Å². The zero-order valence-electron chi connectivity index (χ0n) is 18.2. The molecule has 1 aromatic carbocycles. The van der Waals surface area contributed by atoms with Crippen LogP contribution in [0.2, 0.25) is 0 Å². The summed E-state index contributed by atoms with van der Waals surface area (Å²) >= 11 is 0. The third-order valence-corrected chi connectivity index (χ3v) is 5.95. The Hall–Kier alpha value is -2.66. The fourth-order valence-electron chi connectivity index (χ4n) is 4.35. The Balaban J connectivity index is 1.58. The molecule has 1 saturated heterocycles. The van der Waals surface area contributed by atoms with Gasteiger partial charge in [-0.3, -0.25) is 4.90 Å². The summed E-state index contributed by atoms with van der Waals surface area (Å²) in [6, 6.07) is 12.9. The standard InChI is InChI=1S/C24H31N5O2/c1-30-13-10-26-24-22-17-29(16-18-6-3-2-4-7-18)11-9-20(22)21(14-25)23(28-24)27-15-19-8-5-12-31-19/h2-4,6-7,19H,5,8-13,15-17H2,1H3,(H2,26,27,28)/t19-/m1/s1. The SMILES string of the molecule is COCCNc1nc(NC[C@H]2CCCO2)c(C#N)c2c1CN(Cc1ccccc1)CC2. The van der Waals surface area contributed by atoms with Gasteiger partial charge in [0.25, 0.3) is 0 Å². The van der Waals surface area contributed by atoms with Gasteiger partial charge in [-0.2, -0.15) is 5.26 Å². The molecule has 31 heavy (non-hydrogen) atoms. The van der Waals surface area contributed by atoms with E-state index in [1.54, 1.807) is 7.11 Å². The van der Waals surface area contributed by atoms with Crippen molar-refractivity contribution in [2.75, 3.05) is 50.6 Å². The highest BCUT2D eigenvalue weighted by Gasteiger charge is 2.26. The smallest absolute Gasteiger partial charge is 0.146 e. The van der Waals surface area contributed by atoms with E-state index in [1.165, 1.54) is 5.56 Å². The van der Waals surface area contributed by atoms with Crippen LogP contribution < -0.4 is 10.6 Å². The third kappa shape index (κ3) is 5.34. The zero-order valence-corrected chi connectivity index (χ0v) is 18.2. The topological polar surface area (TPSA) is 82.4 Å². The molecule has 0 aliphatic carbocycles. The lowest BCUT2D eigenvalue weighted by Gasteiger charge is -2.31. The Bertz CT molecular complexity index is 906. The number of pyridine rings is 1. The first-order chi connectivity index (χ1) is 15.3. The van der Waals surface area contributed by atoms with Gasteiger partial charge in [-0.25, -0.2) is 4.98 Å². The normalized spacial score (nSPS) is 18.4. The molecule has 1 fully saturated rings. The van der Waals surface area contributed by atoms with Gasteiger partial charge >= 0.3 is 0 Å². The molecule has 7 nitrogen and oxygen atoms in total. The fourth-order valence-corrected chi connectivity index (χ4v) is 4.35. The van der Waals surface area contributed by atoms with Gasteiger partial charge in [-0.1, -0.05) is 30.3 Å². The molecule has 0 saturated carbocycles. The van der Waals surface area contributed by atoms with Gasteiger partial charge in [0.15, 0.2) is 0 Å². The Morgan fingerprint density at radius 1 is 1.23 bits per heavy atom. The molecule has 0 spiro atoms. The molecule has 0 bridgehead atoms. The van der Waals surface area contributed by atoms with E-state index < -0.39 is 0 Å². The Morgan fingerprint density at radius 2 is 2.10 bits per heavy atom. The number of aromatic nitrogens is 1. The summed E-state index contributed by atoms with van der Waals surface area (Å²) in [6.45, 7) is 5.35. The number of nitrogens with one attached hydrogen (secondary N) is 2. The second-order valence-electron chi connectivity index (χ2n) is 8.13. The molecule has 2 aromatic rings. The van der Waals surface area contributed by atoms with Crippen molar-refractivity contribution in [2.24, 2.45) is 0 Å².